The van der Waals surface area contributed by atoms with Crippen molar-refractivity contribution in [1.29, 1.82) is 0 Å². The highest BCUT2D eigenvalue weighted by Crippen LogP contribution is 2.17. The van der Waals surface area contributed by atoms with Crippen LogP contribution in [0.25, 0.3) is 0 Å². The third-order valence-electron chi connectivity index (χ3n) is 3.11. The largest absolute Gasteiger partial charge is 0.235 e. The molecule has 8 nitrogen and oxygen atoms in total. The number of hydrogen-bond acceptors (Lipinski definition) is 8. The van der Waals surface area contributed by atoms with Gasteiger partial charge in [0.15, 0.2) is 0 Å². The van der Waals surface area contributed by atoms with Gasteiger partial charge in [0.25, 0.3) is 0 Å². The lowest BCUT2D eigenvalue weighted by molar-refractivity contribution is 0.434. The molecule has 0 spiro atoms. The Morgan fingerprint density at radius 3 is 1.77 bits per heavy atom. The van der Waals surface area contributed by atoms with Crippen molar-refractivity contribution in [3.63, 3.8) is 0 Å². The topological polar surface area (TPSA) is 118 Å². The van der Waals surface area contributed by atoms with Crippen LogP contribution in [0.2, 0.25) is 0 Å². The monoisotopic (exact) mass is 306 g/mol. The van der Waals surface area contributed by atoms with Crippen LogP contribution in [0.5, 0.6) is 0 Å². The van der Waals surface area contributed by atoms with Gasteiger partial charge in [0.2, 0.25) is 24.3 Å². The first-order chi connectivity index (χ1) is 10.7. The summed E-state index contributed by atoms with van der Waals surface area (Å²) in [6.07, 6.45) is 8.62. The molecule has 0 aliphatic heterocycles. The summed E-state index contributed by atoms with van der Waals surface area (Å²) >= 11 is 0. The lowest BCUT2D eigenvalue weighted by atomic mass is 9.97. The minimum atomic E-state index is -0.509. The van der Waals surface area contributed by atoms with E-state index >= 15 is 0 Å². The summed E-state index contributed by atoms with van der Waals surface area (Å²) in [6.45, 7) is 2.05. The quantitative estimate of drug-likeness (QED) is 0.307. The maximum atomic E-state index is 10.5. The smallest absolute Gasteiger partial charge is 0.211 e. The van der Waals surface area contributed by atoms with Crippen molar-refractivity contribution < 1.29 is 19.2 Å². The molecular formula is C14H18N4O4. The van der Waals surface area contributed by atoms with Gasteiger partial charge in [-0.2, -0.15) is 0 Å². The SMILES string of the molecule is CC(CCCC(N=C=O)C(CCCN=C=O)N=C=O)N=C=O. The molecule has 3 atom stereocenters. The second-order valence-corrected chi connectivity index (χ2v) is 4.69. The Bertz CT molecular complexity index is 511. The van der Waals surface area contributed by atoms with Crippen LogP contribution < -0.4 is 0 Å². The minimum absolute atomic E-state index is 0.159. The molecule has 0 radical (unpaired) electrons. The van der Waals surface area contributed by atoms with Crippen molar-refractivity contribution in [2.75, 3.05) is 6.54 Å². The number of aliphatic imine (C=N–C) groups is 4. The molecule has 0 saturated heterocycles. The number of isocyanates is 4. The Hall–Kier alpha value is -2.48. The van der Waals surface area contributed by atoms with E-state index in [-0.39, 0.29) is 12.6 Å². The van der Waals surface area contributed by atoms with Gasteiger partial charge < -0.3 is 0 Å². The molecule has 0 aromatic rings. The van der Waals surface area contributed by atoms with E-state index in [0.29, 0.717) is 32.1 Å². The normalized spacial score (nSPS) is 13.3. The zero-order chi connectivity index (χ0) is 16.6. The number of hydrogen-bond donors (Lipinski definition) is 0. The Balaban J connectivity index is 4.61. The van der Waals surface area contributed by atoms with E-state index in [9.17, 15) is 19.2 Å². The zero-order valence-corrected chi connectivity index (χ0v) is 12.4. The number of rotatable bonds is 12. The summed E-state index contributed by atoms with van der Waals surface area (Å²) in [5, 5.41) is 0. The highest BCUT2D eigenvalue weighted by Gasteiger charge is 2.20. The van der Waals surface area contributed by atoms with Gasteiger partial charge >= 0.3 is 0 Å². The second kappa shape index (κ2) is 13.5. The van der Waals surface area contributed by atoms with Crippen molar-refractivity contribution in [1.82, 2.24) is 0 Å². The van der Waals surface area contributed by atoms with Crippen LogP contribution in [-0.4, -0.2) is 49.0 Å². The summed E-state index contributed by atoms with van der Waals surface area (Å²) in [5.74, 6) is 0. The van der Waals surface area contributed by atoms with Crippen LogP contribution in [0, 0.1) is 0 Å². The van der Waals surface area contributed by atoms with Gasteiger partial charge in [-0.05, 0) is 39.0 Å². The average molecular weight is 306 g/mol. The molecule has 0 fully saturated rings. The lowest BCUT2D eigenvalue weighted by Crippen LogP contribution is -2.23. The molecule has 118 valence electrons. The minimum Gasteiger partial charge on any atom is -0.211 e. The third kappa shape index (κ3) is 9.43. The van der Waals surface area contributed by atoms with E-state index in [1.54, 1.807) is 6.92 Å². The Labute approximate surface area is 128 Å². The summed E-state index contributed by atoms with van der Waals surface area (Å²) < 4.78 is 0. The van der Waals surface area contributed by atoms with Crippen molar-refractivity contribution >= 4 is 24.3 Å². The summed E-state index contributed by atoms with van der Waals surface area (Å²) in [7, 11) is 0. The Morgan fingerprint density at radius 1 is 0.727 bits per heavy atom. The van der Waals surface area contributed by atoms with Crippen LogP contribution in [0.4, 0.5) is 0 Å². The number of nitrogens with zero attached hydrogens (tertiary/aromatic N) is 4. The van der Waals surface area contributed by atoms with Crippen molar-refractivity contribution in [2.45, 2.75) is 57.2 Å². The fourth-order valence-corrected chi connectivity index (χ4v) is 2.02. The number of carbonyl (C=O) groups excluding carboxylic acids is 4. The van der Waals surface area contributed by atoms with E-state index in [1.165, 1.54) is 24.3 Å². The maximum absolute atomic E-state index is 10.5. The van der Waals surface area contributed by atoms with Gasteiger partial charge in [-0.25, -0.2) is 39.1 Å². The Morgan fingerprint density at radius 2 is 1.27 bits per heavy atom. The van der Waals surface area contributed by atoms with Gasteiger partial charge in [-0.3, -0.25) is 0 Å². The average Bonchev–Trinajstić information content (AvgIpc) is 2.50. The van der Waals surface area contributed by atoms with Gasteiger partial charge in [-0.15, -0.1) is 0 Å². The van der Waals surface area contributed by atoms with Gasteiger partial charge in [0.05, 0.1) is 24.7 Å². The fraction of sp³-hybridized carbons (Fsp3) is 0.714. The van der Waals surface area contributed by atoms with Crippen molar-refractivity contribution in [3.05, 3.63) is 0 Å². The van der Waals surface area contributed by atoms with Crippen molar-refractivity contribution in [3.8, 4) is 0 Å². The van der Waals surface area contributed by atoms with E-state index in [1.807, 2.05) is 0 Å². The molecule has 0 saturated carbocycles. The van der Waals surface area contributed by atoms with E-state index in [4.69, 9.17) is 0 Å². The lowest BCUT2D eigenvalue weighted by Gasteiger charge is -2.17. The van der Waals surface area contributed by atoms with E-state index in [2.05, 4.69) is 20.0 Å². The first-order valence-corrected chi connectivity index (χ1v) is 6.94. The van der Waals surface area contributed by atoms with Crippen LogP contribution in [0.15, 0.2) is 20.0 Å². The standard InChI is InChI=1S/C14H18N4O4/c1-12(16-9-20)4-2-5-13(17-10-21)14(18-11-22)6-3-7-15-8-19/h12-14H,2-7H2,1H3. The summed E-state index contributed by atoms with van der Waals surface area (Å²) in [4.78, 5) is 55.5. The van der Waals surface area contributed by atoms with Gasteiger partial charge in [0, 0.05) is 0 Å². The molecule has 0 aliphatic carbocycles. The van der Waals surface area contributed by atoms with E-state index in [0.717, 1.165) is 0 Å². The molecule has 0 bridgehead atoms. The van der Waals surface area contributed by atoms with E-state index < -0.39 is 12.1 Å². The molecule has 0 aromatic heterocycles. The van der Waals surface area contributed by atoms with Gasteiger partial charge in [0.1, 0.15) is 0 Å². The highest BCUT2D eigenvalue weighted by atomic mass is 16.1. The molecule has 0 amide bonds. The fourth-order valence-electron chi connectivity index (χ4n) is 2.02. The summed E-state index contributed by atoms with van der Waals surface area (Å²) in [6, 6.07) is -1.16. The molecular weight excluding hydrogens is 288 g/mol. The molecule has 0 heterocycles. The molecule has 22 heavy (non-hydrogen) atoms. The zero-order valence-electron chi connectivity index (χ0n) is 12.4. The third-order valence-corrected chi connectivity index (χ3v) is 3.11. The van der Waals surface area contributed by atoms with Crippen LogP contribution >= 0.6 is 0 Å². The molecule has 0 aliphatic rings. The van der Waals surface area contributed by atoms with Crippen molar-refractivity contribution in [2.24, 2.45) is 20.0 Å². The van der Waals surface area contributed by atoms with Crippen LogP contribution in [0.1, 0.15) is 39.0 Å². The molecule has 0 rings (SSSR count). The van der Waals surface area contributed by atoms with Crippen LogP contribution in [-0.2, 0) is 19.2 Å². The molecule has 0 N–H and O–H groups in total. The first-order valence-electron chi connectivity index (χ1n) is 6.94. The molecule has 0 aromatic carbocycles. The predicted octanol–water partition coefficient (Wildman–Crippen LogP) is 1.41. The van der Waals surface area contributed by atoms with Gasteiger partial charge in [-0.1, -0.05) is 0 Å². The maximum Gasteiger partial charge on any atom is 0.235 e. The molecule has 8 heteroatoms. The Kier molecular flexibility index (Phi) is 12.0. The predicted molar refractivity (Wildman–Crippen MR) is 77.5 cm³/mol. The summed E-state index contributed by atoms with van der Waals surface area (Å²) in [5.41, 5.74) is 0. The highest BCUT2D eigenvalue weighted by molar-refractivity contribution is 5.36. The first kappa shape index (κ1) is 19.5. The van der Waals surface area contributed by atoms with Crippen LogP contribution in [0.3, 0.4) is 0 Å². The molecule has 3 unspecified atom stereocenters. The second-order valence-electron chi connectivity index (χ2n) is 4.69.